The van der Waals surface area contributed by atoms with Crippen molar-refractivity contribution in [2.75, 3.05) is 0 Å². The molecule has 0 spiro atoms. The summed E-state index contributed by atoms with van der Waals surface area (Å²) in [5.41, 5.74) is 1.46. The van der Waals surface area contributed by atoms with Gasteiger partial charge in [0.15, 0.2) is 0 Å². The van der Waals surface area contributed by atoms with E-state index in [1.807, 2.05) is 0 Å². The van der Waals surface area contributed by atoms with Gasteiger partial charge in [0.25, 0.3) is 0 Å². The Kier molecular flexibility index (Phi) is 3.34. The highest BCUT2D eigenvalue weighted by molar-refractivity contribution is 5.78. The van der Waals surface area contributed by atoms with E-state index in [-0.39, 0.29) is 0 Å². The van der Waals surface area contributed by atoms with Gasteiger partial charge in [0.2, 0.25) is 0 Å². The highest BCUT2D eigenvalue weighted by Crippen LogP contribution is 2.13. The lowest BCUT2D eigenvalue weighted by Gasteiger charge is -1.96. The molecule has 1 aliphatic carbocycles. The molecule has 0 radical (unpaired) electrons. The second-order valence-electron chi connectivity index (χ2n) is 3.33. The average Bonchev–Trinajstić information content (AvgIpc) is 2.04. The summed E-state index contributed by atoms with van der Waals surface area (Å²) in [4.78, 5) is 11.1. The van der Waals surface area contributed by atoms with Crippen LogP contribution < -0.4 is 0 Å². The molecule has 11 heavy (non-hydrogen) atoms. The van der Waals surface area contributed by atoms with Crippen LogP contribution in [-0.4, -0.2) is 5.78 Å². The number of hydrogen-bond donors (Lipinski definition) is 0. The normalized spacial score (nSPS) is 26.3. The molecule has 1 aliphatic rings. The Hall–Kier alpha value is -0.590. The average molecular weight is 152 g/mol. The molecule has 1 nitrogen and oxygen atoms in total. The van der Waals surface area contributed by atoms with Crippen LogP contribution in [0.4, 0.5) is 0 Å². The molecule has 1 heteroatoms. The van der Waals surface area contributed by atoms with Crippen LogP contribution in [0.15, 0.2) is 11.6 Å². The van der Waals surface area contributed by atoms with Gasteiger partial charge in [0.05, 0.1) is 0 Å². The smallest absolute Gasteiger partial charge is 0.132 e. The van der Waals surface area contributed by atoms with Crippen molar-refractivity contribution in [3.63, 3.8) is 0 Å². The number of hydrogen-bond acceptors (Lipinski definition) is 1. The predicted octanol–water partition coefficient (Wildman–Crippen LogP) is 2.86. The summed E-state index contributed by atoms with van der Waals surface area (Å²) >= 11 is 0. The Labute approximate surface area is 68.5 Å². The molecule has 0 heterocycles. The van der Waals surface area contributed by atoms with Gasteiger partial charge in [0.1, 0.15) is 5.78 Å². The minimum atomic E-state index is 0.452. The van der Waals surface area contributed by atoms with E-state index < -0.39 is 0 Å². The van der Waals surface area contributed by atoms with E-state index in [0.29, 0.717) is 5.78 Å². The number of carbonyl (C=O) groups excluding carboxylic acids is 1. The molecule has 0 aromatic heterocycles. The van der Waals surface area contributed by atoms with Gasteiger partial charge in [-0.1, -0.05) is 11.6 Å². The SMILES string of the molecule is C/C1=C\CCCC(=O)CCC1. The minimum absolute atomic E-state index is 0.452. The first-order valence-corrected chi connectivity index (χ1v) is 4.46. The zero-order valence-corrected chi connectivity index (χ0v) is 7.23. The molecule has 0 aliphatic heterocycles. The number of rotatable bonds is 0. The van der Waals surface area contributed by atoms with E-state index in [1.165, 1.54) is 5.57 Å². The van der Waals surface area contributed by atoms with Crippen LogP contribution in [0, 0.1) is 0 Å². The van der Waals surface area contributed by atoms with Crippen LogP contribution in [0.5, 0.6) is 0 Å². The first-order valence-electron chi connectivity index (χ1n) is 4.46. The van der Waals surface area contributed by atoms with Crippen molar-refractivity contribution in [1.82, 2.24) is 0 Å². The van der Waals surface area contributed by atoms with Crippen molar-refractivity contribution >= 4 is 5.78 Å². The summed E-state index contributed by atoms with van der Waals surface area (Å²) in [5, 5.41) is 0. The third kappa shape index (κ3) is 3.35. The topological polar surface area (TPSA) is 17.1 Å². The zero-order valence-electron chi connectivity index (χ0n) is 7.23. The monoisotopic (exact) mass is 152 g/mol. The molecule has 0 atom stereocenters. The first kappa shape index (κ1) is 8.51. The van der Waals surface area contributed by atoms with E-state index >= 15 is 0 Å². The van der Waals surface area contributed by atoms with Gasteiger partial charge in [-0.3, -0.25) is 4.79 Å². The summed E-state index contributed by atoms with van der Waals surface area (Å²) < 4.78 is 0. The maximum absolute atomic E-state index is 11.1. The number of ketones is 1. The van der Waals surface area contributed by atoms with Crippen LogP contribution in [0.25, 0.3) is 0 Å². The summed E-state index contributed by atoms with van der Waals surface area (Å²) in [5.74, 6) is 0.452. The lowest BCUT2D eigenvalue weighted by molar-refractivity contribution is -0.119. The van der Waals surface area contributed by atoms with Crippen LogP contribution >= 0.6 is 0 Å². The zero-order chi connectivity index (χ0) is 8.10. The first-order chi connectivity index (χ1) is 5.29. The predicted molar refractivity (Wildman–Crippen MR) is 46.5 cm³/mol. The van der Waals surface area contributed by atoms with E-state index in [2.05, 4.69) is 13.0 Å². The maximum Gasteiger partial charge on any atom is 0.132 e. The van der Waals surface area contributed by atoms with Crippen LogP contribution in [0.2, 0.25) is 0 Å². The quantitative estimate of drug-likeness (QED) is 0.488. The Morgan fingerprint density at radius 3 is 2.73 bits per heavy atom. The van der Waals surface area contributed by atoms with Crippen molar-refractivity contribution < 1.29 is 4.79 Å². The van der Waals surface area contributed by atoms with Gasteiger partial charge in [-0.05, 0) is 32.6 Å². The largest absolute Gasteiger partial charge is 0.300 e. The highest BCUT2D eigenvalue weighted by Gasteiger charge is 2.03. The molecule has 0 bridgehead atoms. The fraction of sp³-hybridized carbons (Fsp3) is 0.700. The van der Waals surface area contributed by atoms with Crippen molar-refractivity contribution in [1.29, 1.82) is 0 Å². The second kappa shape index (κ2) is 4.32. The van der Waals surface area contributed by atoms with Gasteiger partial charge in [-0.15, -0.1) is 0 Å². The van der Waals surface area contributed by atoms with Crippen molar-refractivity contribution in [3.05, 3.63) is 11.6 Å². The maximum atomic E-state index is 11.1. The Balaban J connectivity index is 2.41. The lowest BCUT2D eigenvalue weighted by Crippen LogP contribution is -1.95. The molecule has 0 aromatic carbocycles. The molecule has 62 valence electrons. The van der Waals surface area contributed by atoms with E-state index in [1.54, 1.807) is 0 Å². The fourth-order valence-corrected chi connectivity index (χ4v) is 1.44. The summed E-state index contributed by atoms with van der Waals surface area (Å²) in [6.45, 7) is 2.16. The molecule has 0 unspecified atom stereocenters. The van der Waals surface area contributed by atoms with Crippen LogP contribution in [0.1, 0.15) is 45.4 Å². The van der Waals surface area contributed by atoms with E-state index in [9.17, 15) is 4.79 Å². The molecule has 1 rings (SSSR count). The molecule has 0 amide bonds. The molecule has 0 saturated heterocycles. The van der Waals surface area contributed by atoms with Gasteiger partial charge in [0, 0.05) is 12.8 Å². The lowest BCUT2D eigenvalue weighted by atomic mass is 10.1. The molecule has 0 N–H and O–H groups in total. The molecule has 0 saturated carbocycles. The van der Waals surface area contributed by atoms with E-state index in [4.69, 9.17) is 0 Å². The standard InChI is InChI=1S/C10H16O/c1-9-5-2-3-7-10(11)8-4-6-9/h5H,2-4,6-8H2,1H3/b9-5+. The molecular formula is C10H16O. The fourth-order valence-electron chi connectivity index (χ4n) is 1.44. The van der Waals surface area contributed by atoms with Gasteiger partial charge in [-0.2, -0.15) is 0 Å². The van der Waals surface area contributed by atoms with Gasteiger partial charge in [-0.25, -0.2) is 0 Å². The summed E-state index contributed by atoms with van der Waals surface area (Å²) in [6, 6.07) is 0. The molecular weight excluding hydrogens is 136 g/mol. The number of carbonyl (C=O) groups is 1. The summed E-state index contributed by atoms with van der Waals surface area (Å²) in [6.07, 6.45) is 8.19. The van der Waals surface area contributed by atoms with Gasteiger partial charge >= 0.3 is 0 Å². The van der Waals surface area contributed by atoms with Crippen molar-refractivity contribution in [2.45, 2.75) is 45.4 Å². The Morgan fingerprint density at radius 1 is 1.18 bits per heavy atom. The van der Waals surface area contributed by atoms with Crippen molar-refractivity contribution in [2.24, 2.45) is 0 Å². The third-order valence-electron chi connectivity index (χ3n) is 2.18. The number of allylic oxidation sites excluding steroid dienone is 2. The summed E-state index contributed by atoms with van der Waals surface area (Å²) in [7, 11) is 0. The van der Waals surface area contributed by atoms with E-state index in [0.717, 1.165) is 38.5 Å². The second-order valence-corrected chi connectivity index (χ2v) is 3.33. The van der Waals surface area contributed by atoms with Crippen LogP contribution in [0.3, 0.4) is 0 Å². The minimum Gasteiger partial charge on any atom is -0.300 e. The van der Waals surface area contributed by atoms with Gasteiger partial charge < -0.3 is 0 Å². The molecule has 0 fully saturated rings. The third-order valence-corrected chi connectivity index (χ3v) is 2.18. The number of Topliss-reactive ketones (excluding diaryl/α,β-unsaturated/α-hetero) is 1. The highest BCUT2D eigenvalue weighted by atomic mass is 16.1. The van der Waals surface area contributed by atoms with Crippen molar-refractivity contribution in [3.8, 4) is 0 Å². The van der Waals surface area contributed by atoms with Crippen LogP contribution in [-0.2, 0) is 4.79 Å². The Morgan fingerprint density at radius 2 is 1.91 bits per heavy atom. The molecule has 0 aromatic rings. The Bertz CT molecular complexity index is 168.